The van der Waals surface area contributed by atoms with Crippen molar-refractivity contribution >= 4 is 34.6 Å². The molecule has 6 nitrogen and oxygen atoms in total. The molecule has 0 aliphatic carbocycles. The van der Waals surface area contributed by atoms with Crippen LogP contribution < -0.4 is 16.0 Å². The largest absolute Gasteiger partial charge is 0.383 e. The van der Waals surface area contributed by atoms with E-state index in [0.29, 0.717) is 11.8 Å². The summed E-state index contributed by atoms with van der Waals surface area (Å²) in [5, 5.41) is 7.71. The summed E-state index contributed by atoms with van der Waals surface area (Å²) >= 11 is 1.77. The normalized spacial score (nSPS) is 15.0. The number of nitrogens with two attached hydrogens (primary N) is 1. The number of nitrogens with zero attached hydrogens (tertiary/aromatic N) is 4. The third-order valence-electron chi connectivity index (χ3n) is 5.01. The summed E-state index contributed by atoms with van der Waals surface area (Å²) in [6, 6.07) is 12.2. The maximum atomic E-state index is 6.05. The Morgan fingerprint density at radius 3 is 2.57 bits per heavy atom. The lowest BCUT2D eigenvalue weighted by atomic mass is 10.2. The van der Waals surface area contributed by atoms with Gasteiger partial charge in [-0.1, -0.05) is 17.7 Å². The van der Waals surface area contributed by atoms with E-state index in [1.54, 1.807) is 17.4 Å². The van der Waals surface area contributed by atoms with E-state index in [2.05, 4.69) is 56.0 Å². The summed E-state index contributed by atoms with van der Waals surface area (Å²) in [4.78, 5) is 13.9. The monoisotopic (exact) mass is 394 g/mol. The van der Waals surface area contributed by atoms with E-state index in [-0.39, 0.29) is 0 Å². The minimum absolute atomic E-state index is 0.486. The van der Waals surface area contributed by atoms with E-state index in [1.165, 1.54) is 11.1 Å². The predicted molar refractivity (Wildman–Crippen MR) is 118 cm³/mol. The van der Waals surface area contributed by atoms with Gasteiger partial charge in [-0.05, 0) is 47.9 Å². The molecule has 0 spiro atoms. The Morgan fingerprint density at radius 2 is 1.86 bits per heavy atom. The summed E-state index contributed by atoms with van der Waals surface area (Å²) < 4.78 is 0. The number of hydrogen-bond acceptors (Lipinski definition) is 7. The number of aryl methyl sites for hydroxylation is 1. The van der Waals surface area contributed by atoms with Gasteiger partial charge in [-0.2, -0.15) is 21.3 Å². The van der Waals surface area contributed by atoms with Gasteiger partial charge in [0.05, 0.1) is 0 Å². The zero-order valence-electron chi connectivity index (χ0n) is 16.1. The van der Waals surface area contributed by atoms with E-state index in [9.17, 15) is 0 Å². The average molecular weight is 395 g/mol. The molecule has 0 saturated carbocycles. The molecule has 1 aromatic carbocycles. The maximum absolute atomic E-state index is 6.05. The van der Waals surface area contributed by atoms with Gasteiger partial charge in [0.15, 0.2) is 0 Å². The Morgan fingerprint density at radius 1 is 1.07 bits per heavy atom. The highest BCUT2D eigenvalue weighted by molar-refractivity contribution is 7.07. The van der Waals surface area contributed by atoms with E-state index in [4.69, 9.17) is 10.7 Å². The summed E-state index contributed by atoms with van der Waals surface area (Å²) in [5.74, 6) is 1.91. The molecule has 28 heavy (non-hydrogen) atoms. The number of anilines is 4. The van der Waals surface area contributed by atoms with Crippen molar-refractivity contribution in [2.45, 2.75) is 13.3 Å². The Labute approximate surface area is 170 Å². The number of benzene rings is 1. The first-order chi connectivity index (χ1) is 13.7. The number of hydrogen-bond donors (Lipinski definition) is 2. The Bertz CT molecular complexity index is 886. The van der Waals surface area contributed by atoms with Crippen molar-refractivity contribution in [2.24, 2.45) is 0 Å². The van der Waals surface area contributed by atoms with Gasteiger partial charge >= 0.3 is 0 Å². The highest BCUT2D eigenvalue weighted by Crippen LogP contribution is 2.21. The lowest BCUT2D eigenvalue weighted by Crippen LogP contribution is -2.47. The second-order valence-corrected chi connectivity index (χ2v) is 7.96. The van der Waals surface area contributed by atoms with Gasteiger partial charge in [-0.15, -0.1) is 0 Å². The number of thiophene rings is 1. The molecule has 0 radical (unpaired) electrons. The molecule has 1 saturated heterocycles. The van der Waals surface area contributed by atoms with Crippen molar-refractivity contribution in [1.82, 2.24) is 14.9 Å². The Balaban J connectivity index is 1.36. The van der Waals surface area contributed by atoms with Crippen molar-refractivity contribution in [3.8, 4) is 0 Å². The molecule has 0 atom stereocenters. The molecule has 1 aliphatic rings. The van der Waals surface area contributed by atoms with Crippen molar-refractivity contribution < 1.29 is 0 Å². The lowest BCUT2D eigenvalue weighted by molar-refractivity contribution is 0.260. The number of piperazine rings is 1. The maximum Gasteiger partial charge on any atom is 0.229 e. The van der Waals surface area contributed by atoms with Crippen LogP contribution in [0.1, 0.15) is 11.1 Å². The number of rotatable bonds is 6. The summed E-state index contributed by atoms with van der Waals surface area (Å²) in [6.45, 7) is 7.04. The quantitative estimate of drug-likeness (QED) is 0.666. The molecular formula is C21H26N6S. The van der Waals surface area contributed by atoms with Crippen LogP contribution in [0.2, 0.25) is 0 Å². The Kier molecular flexibility index (Phi) is 5.73. The second-order valence-electron chi connectivity index (χ2n) is 7.18. The van der Waals surface area contributed by atoms with Gasteiger partial charge in [0.2, 0.25) is 5.95 Å². The number of nitrogens with one attached hydrogen (secondary N) is 1. The summed E-state index contributed by atoms with van der Waals surface area (Å²) in [6.07, 6.45) is 1.11. The highest BCUT2D eigenvalue weighted by atomic mass is 32.1. The first-order valence-corrected chi connectivity index (χ1v) is 10.6. The van der Waals surface area contributed by atoms with Crippen molar-refractivity contribution in [3.63, 3.8) is 0 Å². The zero-order chi connectivity index (χ0) is 19.3. The standard InChI is InChI=1S/C21H26N6S/c1-16-2-4-18(5-3-16)23-20-14-19(22)24-21(25-20)27-11-9-26(10-12-27)8-6-17-7-13-28-15-17/h2-5,7,13-15H,6,8-12H2,1H3,(H3,22,23,24,25). The molecule has 3 aromatic rings. The number of aromatic nitrogens is 2. The molecule has 7 heteroatoms. The van der Waals surface area contributed by atoms with Crippen LogP contribution in [-0.4, -0.2) is 47.6 Å². The molecule has 4 rings (SSSR count). The molecule has 1 fully saturated rings. The van der Waals surface area contributed by atoms with Crippen LogP contribution in [-0.2, 0) is 6.42 Å². The van der Waals surface area contributed by atoms with Crippen LogP contribution in [0, 0.1) is 6.92 Å². The van der Waals surface area contributed by atoms with Gasteiger partial charge in [0, 0.05) is 44.5 Å². The summed E-state index contributed by atoms with van der Waals surface area (Å²) in [7, 11) is 0. The van der Waals surface area contributed by atoms with Crippen LogP contribution in [0.5, 0.6) is 0 Å². The van der Waals surface area contributed by atoms with Crippen LogP contribution in [0.4, 0.5) is 23.3 Å². The molecule has 0 bridgehead atoms. The first-order valence-electron chi connectivity index (χ1n) is 9.62. The molecule has 0 amide bonds. The fraction of sp³-hybridized carbons (Fsp3) is 0.333. The van der Waals surface area contributed by atoms with E-state index >= 15 is 0 Å². The molecule has 3 heterocycles. The fourth-order valence-corrected chi connectivity index (χ4v) is 4.04. The van der Waals surface area contributed by atoms with Crippen molar-refractivity contribution in [1.29, 1.82) is 0 Å². The van der Waals surface area contributed by atoms with Gasteiger partial charge in [-0.3, -0.25) is 4.90 Å². The van der Waals surface area contributed by atoms with Gasteiger partial charge in [0.1, 0.15) is 11.6 Å². The van der Waals surface area contributed by atoms with Crippen molar-refractivity contribution in [3.05, 3.63) is 58.3 Å². The lowest BCUT2D eigenvalue weighted by Gasteiger charge is -2.34. The van der Waals surface area contributed by atoms with Crippen LogP contribution in [0.25, 0.3) is 0 Å². The highest BCUT2D eigenvalue weighted by Gasteiger charge is 2.19. The minimum atomic E-state index is 0.486. The molecule has 146 valence electrons. The number of nitrogen functional groups attached to an aromatic ring is 1. The van der Waals surface area contributed by atoms with E-state index < -0.39 is 0 Å². The molecular weight excluding hydrogens is 368 g/mol. The van der Waals surface area contributed by atoms with Crippen LogP contribution >= 0.6 is 11.3 Å². The van der Waals surface area contributed by atoms with Crippen LogP contribution in [0.3, 0.4) is 0 Å². The topological polar surface area (TPSA) is 70.3 Å². The van der Waals surface area contributed by atoms with E-state index in [0.717, 1.165) is 50.6 Å². The summed E-state index contributed by atoms with van der Waals surface area (Å²) in [5.41, 5.74) is 9.70. The SMILES string of the molecule is Cc1ccc(Nc2cc(N)nc(N3CCN(CCc4ccsc4)CC3)n2)cc1. The van der Waals surface area contributed by atoms with Gasteiger partial charge in [-0.25, -0.2) is 0 Å². The average Bonchev–Trinajstić information content (AvgIpc) is 3.22. The van der Waals surface area contributed by atoms with E-state index in [1.807, 2.05) is 12.1 Å². The third-order valence-corrected chi connectivity index (χ3v) is 5.74. The molecule has 1 aliphatic heterocycles. The second kappa shape index (κ2) is 8.58. The Hall–Kier alpha value is -2.64. The van der Waals surface area contributed by atoms with Gasteiger partial charge < -0.3 is 16.0 Å². The van der Waals surface area contributed by atoms with Gasteiger partial charge in [0.25, 0.3) is 0 Å². The third kappa shape index (κ3) is 4.79. The smallest absolute Gasteiger partial charge is 0.229 e. The molecule has 2 aromatic heterocycles. The predicted octanol–water partition coefficient (Wildman–Crippen LogP) is 3.54. The van der Waals surface area contributed by atoms with Crippen molar-refractivity contribution in [2.75, 3.05) is 48.7 Å². The molecule has 0 unspecified atom stereocenters. The van der Waals surface area contributed by atoms with Crippen LogP contribution in [0.15, 0.2) is 47.2 Å². The fourth-order valence-electron chi connectivity index (χ4n) is 3.34. The zero-order valence-corrected chi connectivity index (χ0v) is 17.0. The minimum Gasteiger partial charge on any atom is -0.383 e. The first kappa shape index (κ1) is 18.7. The molecule has 3 N–H and O–H groups in total.